The number of hydrogen-bond acceptors (Lipinski definition) is 4. The first-order valence-electron chi connectivity index (χ1n) is 9.80. The summed E-state index contributed by atoms with van der Waals surface area (Å²) in [6.07, 6.45) is 2.68. The van der Waals surface area contributed by atoms with Crippen molar-refractivity contribution in [1.29, 1.82) is 0 Å². The molecule has 3 rings (SSSR count). The smallest absolute Gasteiger partial charge is 0.243 e. The van der Waals surface area contributed by atoms with Crippen LogP contribution in [0.2, 0.25) is 0 Å². The maximum Gasteiger partial charge on any atom is 0.243 e. The lowest BCUT2D eigenvalue weighted by molar-refractivity contribution is -0.132. The van der Waals surface area contributed by atoms with Crippen molar-refractivity contribution in [2.75, 3.05) is 32.7 Å². The molecule has 0 aromatic heterocycles. The van der Waals surface area contributed by atoms with Crippen molar-refractivity contribution < 1.29 is 13.2 Å². The minimum atomic E-state index is -3.51. The van der Waals surface area contributed by atoms with E-state index >= 15 is 0 Å². The zero-order valence-electron chi connectivity index (χ0n) is 16.6. The maximum atomic E-state index is 12.9. The van der Waals surface area contributed by atoms with E-state index in [2.05, 4.69) is 26.1 Å². The van der Waals surface area contributed by atoms with E-state index in [0.29, 0.717) is 37.5 Å². The molecular weight excluding hydrogens is 362 g/mol. The molecule has 1 unspecified atom stereocenters. The van der Waals surface area contributed by atoms with Gasteiger partial charge in [0.25, 0.3) is 0 Å². The summed E-state index contributed by atoms with van der Waals surface area (Å²) in [4.78, 5) is 14.6. The number of hydrogen-bond donors (Lipinski definition) is 1. The summed E-state index contributed by atoms with van der Waals surface area (Å²) >= 11 is 0. The molecule has 2 fully saturated rings. The minimum absolute atomic E-state index is 0.0115. The van der Waals surface area contributed by atoms with Gasteiger partial charge in [0.1, 0.15) is 0 Å². The Morgan fingerprint density at radius 3 is 2.26 bits per heavy atom. The van der Waals surface area contributed by atoms with Crippen LogP contribution >= 0.6 is 0 Å². The first-order valence-corrected chi connectivity index (χ1v) is 11.2. The van der Waals surface area contributed by atoms with E-state index in [9.17, 15) is 13.2 Å². The molecule has 2 saturated heterocycles. The zero-order valence-corrected chi connectivity index (χ0v) is 17.4. The highest BCUT2D eigenvalue weighted by molar-refractivity contribution is 7.89. The van der Waals surface area contributed by atoms with E-state index in [1.54, 1.807) is 17.0 Å². The van der Waals surface area contributed by atoms with Crippen LogP contribution in [0.4, 0.5) is 0 Å². The zero-order chi connectivity index (χ0) is 19.7. The molecule has 27 heavy (non-hydrogen) atoms. The molecule has 0 spiro atoms. The van der Waals surface area contributed by atoms with Crippen LogP contribution in [-0.2, 0) is 20.2 Å². The molecule has 0 saturated carbocycles. The van der Waals surface area contributed by atoms with Crippen LogP contribution in [-0.4, -0.2) is 62.3 Å². The monoisotopic (exact) mass is 393 g/mol. The predicted molar refractivity (Wildman–Crippen MR) is 106 cm³/mol. The number of amides is 1. The fourth-order valence-corrected chi connectivity index (χ4v) is 5.15. The molecule has 2 aliphatic rings. The van der Waals surface area contributed by atoms with Gasteiger partial charge >= 0.3 is 0 Å². The Labute approximate surface area is 163 Å². The Kier molecular flexibility index (Phi) is 5.93. The lowest BCUT2D eigenvalue weighted by Gasteiger charge is -2.34. The topological polar surface area (TPSA) is 69.7 Å². The summed E-state index contributed by atoms with van der Waals surface area (Å²) in [5.74, 6) is 0.126. The molecule has 1 amide bonds. The van der Waals surface area contributed by atoms with Gasteiger partial charge in [-0.3, -0.25) is 4.79 Å². The molecule has 6 nitrogen and oxygen atoms in total. The average molecular weight is 394 g/mol. The van der Waals surface area contributed by atoms with Crippen LogP contribution in [0.1, 0.15) is 45.6 Å². The third-order valence-electron chi connectivity index (χ3n) is 5.53. The van der Waals surface area contributed by atoms with E-state index < -0.39 is 10.0 Å². The number of carbonyl (C=O) groups excluding carboxylic acids is 1. The second kappa shape index (κ2) is 7.89. The molecule has 1 aromatic carbocycles. The van der Waals surface area contributed by atoms with Crippen molar-refractivity contribution in [3.8, 4) is 0 Å². The van der Waals surface area contributed by atoms with E-state index in [1.807, 2.05) is 12.1 Å². The first kappa shape index (κ1) is 20.3. The van der Waals surface area contributed by atoms with Crippen LogP contribution < -0.4 is 5.32 Å². The fourth-order valence-electron chi connectivity index (χ4n) is 3.72. The van der Waals surface area contributed by atoms with Crippen molar-refractivity contribution in [3.05, 3.63) is 29.8 Å². The van der Waals surface area contributed by atoms with Gasteiger partial charge < -0.3 is 10.2 Å². The molecule has 1 atom stereocenters. The third kappa shape index (κ3) is 4.70. The van der Waals surface area contributed by atoms with E-state index in [1.165, 1.54) is 4.31 Å². The van der Waals surface area contributed by atoms with E-state index in [4.69, 9.17) is 0 Å². The lowest BCUT2D eigenvalue weighted by atomic mass is 9.87. The average Bonchev–Trinajstić information content (AvgIpc) is 3.14. The van der Waals surface area contributed by atoms with Gasteiger partial charge in [0.05, 0.1) is 4.90 Å². The molecule has 7 heteroatoms. The molecule has 0 bridgehead atoms. The van der Waals surface area contributed by atoms with Gasteiger partial charge in [-0.15, -0.1) is 0 Å². The Hall–Kier alpha value is -1.44. The molecule has 150 valence electrons. The lowest BCUT2D eigenvalue weighted by Crippen LogP contribution is -2.51. The van der Waals surface area contributed by atoms with Crippen molar-refractivity contribution in [2.45, 2.75) is 56.4 Å². The highest BCUT2D eigenvalue weighted by atomic mass is 32.2. The van der Waals surface area contributed by atoms with Crippen molar-refractivity contribution in [2.24, 2.45) is 0 Å². The molecule has 1 N–H and O–H groups in total. The van der Waals surface area contributed by atoms with Gasteiger partial charge in [-0.05, 0) is 42.5 Å². The van der Waals surface area contributed by atoms with E-state index in [0.717, 1.165) is 24.9 Å². The van der Waals surface area contributed by atoms with Crippen LogP contribution in [0.25, 0.3) is 0 Å². The summed E-state index contributed by atoms with van der Waals surface area (Å²) in [5, 5.41) is 3.34. The summed E-state index contributed by atoms with van der Waals surface area (Å²) in [6.45, 7) is 8.93. The normalized spacial score (nSPS) is 22.2. The van der Waals surface area contributed by atoms with Gasteiger partial charge in [0, 0.05) is 38.6 Å². The Morgan fingerprint density at radius 2 is 1.74 bits per heavy atom. The fraction of sp³-hybridized carbons (Fsp3) is 0.650. The number of rotatable bonds is 4. The quantitative estimate of drug-likeness (QED) is 0.849. The summed E-state index contributed by atoms with van der Waals surface area (Å²) in [7, 11) is -3.51. The number of piperazine rings is 1. The predicted octanol–water partition coefficient (Wildman–Crippen LogP) is 1.96. The second-order valence-corrected chi connectivity index (χ2v) is 10.5. The largest absolute Gasteiger partial charge is 0.340 e. The molecular formula is C20H31N3O3S. The number of nitrogens with zero attached hydrogens (tertiary/aromatic N) is 2. The Morgan fingerprint density at radius 1 is 1.11 bits per heavy atom. The van der Waals surface area contributed by atoms with Crippen LogP contribution in [0.5, 0.6) is 0 Å². The highest BCUT2D eigenvalue weighted by Gasteiger charge is 2.31. The third-order valence-corrected chi connectivity index (χ3v) is 7.45. The van der Waals surface area contributed by atoms with Gasteiger partial charge in [-0.1, -0.05) is 32.9 Å². The Balaban J connectivity index is 1.60. The number of benzene rings is 1. The summed E-state index contributed by atoms with van der Waals surface area (Å²) in [5.41, 5.74) is 1.10. The highest BCUT2D eigenvalue weighted by Crippen LogP contribution is 2.25. The minimum Gasteiger partial charge on any atom is -0.340 e. The summed E-state index contributed by atoms with van der Waals surface area (Å²) < 4.78 is 27.3. The molecule has 0 radical (unpaired) electrons. The van der Waals surface area contributed by atoms with Crippen LogP contribution in [0.3, 0.4) is 0 Å². The van der Waals surface area contributed by atoms with Crippen molar-refractivity contribution in [3.63, 3.8) is 0 Å². The van der Waals surface area contributed by atoms with Gasteiger partial charge in [-0.25, -0.2) is 8.42 Å². The molecule has 2 aliphatic heterocycles. The van der Waals surface area contributed by atoms with Gasteiger partial charge in [0.2, 0.25) is 15.9 Å². The SMILES string of the molecule is CC(C)(C)c1ccc(S(=O)(=O)N2CCN(C(=O)CC3CCCN3)CC2)cc1. The van der Waals surface area contributed by atoms with E-state index in [-0.39, 0.29) is 17.4 Å². The second-order valence-electron chi connectivity index (χ2n) is 8.56. The van der Waals surface area contributed by atoms with Crippen molar-refractivity contribution in [1.82, 2.24) is 14.5 Å². The number of nitrogens with one attached hydrogen (secondary N) is 1. The number of sulfonamides is 1. The van der Waals surface area contributed by atoms with Gasteiger partial charge in [0.15, 0.2) is 0 Å². The maximum absolute atomic E-state index is 12.9. The standard InChI is InChI=1S/C20H31N3O3S/c1-20(2,3)16-6-8-18(9-7-16)27(25,26)23-13-11-22(12-14-23)19(24)15-17-5-4-10-21-17/h6-9,17,21H,4-5,10-15H2,1-3H3. The Bertz CT molecular complexity index is 755. The first-order chi connectivity index (χ1) is 12.7. The van der Waals surface area contributed by atoms with Crippen LogP contribution in [0, 0.1) is 0 Å². The molecule has 1 aromatic rings. The molecule has 0 aliphatic carbocycles. The number of carbonyl (C=O) groups is 1. The van der Waals surface area contributed by atoms with Crippen LogP contribution in [0.15, 0.2) is 29.2 Å². The molecule has 2 heterocycles. The summed E-state index contributed by atoms with van der Waals surface area (Å²) in [6, 6.07) is 7.45. The van der Waals surface area contributed by atoms with Crippen molar-refractivity contribution >= 4 is 15.9 Å². The van der Waals surface area contributed by atoms with Gasteiger partial charge in [-0.2, -0.15) is 4.31 Å².